The molecular formula is C33H29N5O3. The number of pyridine rings is 1. The number of hydrogen-bond donors (Lipinski definition) is 1. The molecular weight excluding hydrogens is 514 g/mol. The minimum Gasteiger partial charge on any atom is -0.493 e. The Morgan fingerprint density at radius 2 is 1.73 bits per heavy atom. The lowest BCUT2D eigenvalue weighted by molar-refractivity contribution is 0.223. The topological polar surface area (TPSA) is 85.5 Å². The molecule has 0 atom stereocenters. The first-order valence-corrected chi connectivity index (χ1v) is 13.6. The van der Waals surface area contributed by atoms with Gasteiger partial charge in [0.15, 0.2) is 17.3 Å². The fraction of sp³-hybridized carbons (Fsp3) is 0.182. The Bertz CT molecular complexity index is 1850. The zero-order valence-electron chi connectivity index (χ0n) is 22.9. The predicted molar refractivity (Wildman–Crippen MR) is 160 cm³/mol. The maximum absolute atomic E-state index is 6.26. The van der Waals surface area contributed by atoms with Crippen LogP contribution in [0.1, 0.15) is 16.9 Å². The quantitative estimate of drug-likeness (QED) is 0.236. The molecule has 1 aliphatic heterocycles. The van der Waals surface area contributed by atoms with Crippen molar-refractivity contribution >= 4 is 33.4 Å². The van der Waals surface area contributed by atoms with Gasteiger partial charge in [-0.15, -0.1) is 0 Å². The zero-order valence-corrected chi connectivity index (χ0v) is 22.9. The van der Waals surface area contributed by atoms with Crippen molar-refractivity contribution in [3.05, 3.63) is 102 Å². The van der Waals surface area contributed by atoms with Gasteiger partial charge in [0.25, 0.3) is 0 Å². The molecule has 0 saturated carbocycles. The van der Waals surface area contributed by atoms with Gasteiger partial charge in [-0.3, -0.25) is 9.88 Å². The lowest BCUT2D eigenvalue weighted by Gasteiger charge is -2.26. The standard InChI is InChI=1S/C33H29N5O3/c1-39-29-16-26-24-13-15-38(20-31(24)41-28(26)17-30(29)40-2)19-21-9-11-23(12-10-21)35-33-25-7-3-4-8-27(25)36-32(37-33)22-6-5-14-34-18-22/h3-12,14,16-18H,13,15,19-20H2,1-2H3,(H,35,36,37). The van der Waals surface area contributed by atoms with Crippen LogP contribution in [0.3, 0.4) is 0 Å². The number of nitrogens with zero attached hydrogens (tertiary/aromatic N) is 4. The Balaban J connectivity index is 1.09. The fourth-order valence-corrected chi connectivity index (χ4v) is 5.50. The van der Waals surface area contributed by atoms with E-state index in [1.165, 1.54) is 11.1 Å². The summed E-state index contributed by atoms with van der Waals surface area (Å²) in [6.45, 7) is 2.56. The molecule has 1 aliphatic rings. The summed E-state index contributed by atoms with van der Waals surface area (Å²) in [5.74, 6) is 3.83. The highest BCUT2D eigenvalue weighted by Crippen LogP contribution is 2.38. The molecule has 8 nitrogen and oxygen atoms in total. The van der Waals surface area contributed by atoms with Crippen LogP contribution in [-0.2, 0) is 19.5 Å². The van der Waals surface area contributed by atoms with Gasteiger partial charge in [-0.2, -0.15) is 0 Å². The van der Waals surface area contributed by atoms with E-state index in [1.807, 2.05) is 48.5 Å². The van der Waals surface area contributed by atoms with E-state index in [1.54, 1.807) is 26.6 Å². The molecule has 41 heavy (non-hydrogen) atoms. The third-order valence-corrected chi connectivity index (χ3v) is 7.57. The van der Waals surface area contributed by atoms with E-state index in [0.717, 1.165) is 76.5 Å². The average Bonchev–Trinajstić information content (AvgIpc) is 3.38. The Labute approximate surface area is 237 Å². The normalized spacial score (nSPS) is 13.3. The third kappa shape index (κ3) is 4.83. The molecule has 4 heterocycles. The molecule has 204 valence electrons. The maximum atomic E-state index is 6.26. The number of nitrogens with one attached hydrogen (secondary N) is 1. The summed E-state index contributed by atoms with van der Waals surface area (Å²) in [4.78, 5) is 16.2. The first-order valence-electron chi connectivity index (χ1n) is 13.6. The summed E-state index contributed by atoms with van der Waals surface area (Å²) >= 11 is 0. The van der Waals surface area contributed by atoms with Crippen molar-refractivity contribution in [2.24, 2.45) is 0 Å². The Morgan fingerprint density at radius 1 is 0.902 bits per heavy atom. The molecule has 0 aliphatic carbocycles. The van der Waals surface area contributed by atoms with Gasteiger partial charge in [0.05, 0.1) is 26.3 Å². The number of ether oxygens (including phenoxy) is 2. The molecule has 0 spiro atoms. The molecule has 8 heteroatoms. The summed E-state index contributed by atoms with van der Waals surface area (Å²) in [5, 5.41) is 5.59. The lowest BCUT2D eigenvalue weighted by atomic mass is 10.0. The van der Waals surface area contributed by atoms with Gasteiger partial charge >= 0.3 is 0 Å². The summed E-state index contributed by atoms with van der Waals surface area (Å²) in [7, 11) is 3.30. The number of fused-ring (bicyclic) bond motifs is 4. The van der Waals surface area contributed by atoms with Crippen molar-refractivity contribution in [2.75, 3.05) is 26.1 Å². The van der Waals surface area contributed by atoms with Crippen molar-refractivity contribution in [3.8, 4) is 22.9 Å². The summed E-state index contributed by atoms with van der Waals surface area (Å²) in [5.41, 5.74) is 6.07. The Kier molecular flexibility index (Phi) is 6.45. The van der Waals surface area contributed by atoms with Crippen LogP contribution in [0.2, 0.25) is 0 Å². The number of rotatable bonds is 7. The van der Waals surface area contributed by atoms with Gasteiger partial charge in [0.1, 0.15) is 17.2 Å². The van der Waals surface area contributed by atoms with Crippen LogP contribution in [0.25, 0.3) is 33.3 Å². The first kappa shape index (κ1) is 25.0. The Hall–Kier alpha value is -4.95. The highest BCUT2D eigenvalue weighted by molar-refractivity contribution is 5.92. The smallest absolute Gasteiger partial charge is 0.164 e. The second kappa shape index (κ2) is 10.6. The summed E-state index contributed by atoms with van der Waals surface area (Å²) in [6.07, 6.45) is 4.46. The zero-order chi connectivity index (χ0) is 27.8. The third-order valence-electron chi connectivity index (χ3n) is 7.57. The van der Waals surface area contributed by atoms with Crippen LogP contribution >= 0.6 is 0 Å². The van der Waals surface area contributed by atoms with E-state index in [9.17, 15) is 0 Å². The van der Waals surface area contributed by atoms with Gasteiger partial charge in [0, 0.05) is 59.1 Å². The number of furan rings is 1. The predicted octanol–water partition coefficient (Wildman–Crippen LogP) is 6.76. The van der Waals surface area contributed by atoms with Crippen LogP contribution in [0.4, 0.5) is 11.5 Å². The molecule has 7 rings (SSSR count). The molecule has 0 saturated heterocycles. The SMILES string of the molecule is COc1cc2oc3c(c2cc1OC)CCN(Cc1ccc(Nc2nc(-c4cccnc4)nc4ccccc24)cc1)C3. The van der Waals surface area contributed by atoms with E-state index >= 15 is 0 Å². The van der Waals surface area contributed by atoms with Crippen molar-refractivity contribution in [2.45, 2.75) is 19.5 Å². The molecule has 0 fully saturated rings. The lowest BCUT2D eigenvalue weighted by Crippen LogP contribution is -2.29. The van der Waals surface area contributed by atoms with Crippen molar-refractivity contribution < 1.29 is 13.9 Å². The number of para-hydroxylation sites is 1. The van der Waals surface area contributed by atoms with E-state index in [0.29, 0.717) is 11.6 Å². The molecule has 3 aromatic carbocycles. The van der Waals surface area contributed by atoms with Crippen LogP contribution in [0, 0.1) is 0 Å². The number of hydrogen-bond acceptors (Lipinski definition) is 8. The number of benzene rings is 3. The highest BCUT2D eigenvalue weighted by Gasteiger charge is 2.24. The minimum absolute atomic E-state index is 0.642. The average molecular weight is 544 g/mol. The molecule has 3 aromatic heterocycles. The van der Waals surface area contributed by atoms with Crippen LogP contribution in [0.15, 0.2) is 89.6 Å². The van der Waals surface area contributed by atoms with Crippen LogP contribution in [-0.4, -0.2) is 40.6 Å². The number of anilines is 2. The first-order chi connectivity index (χ1) is 20.2. The molecule has 0 amide bonds. The van der Waals surface area contributed by atoms with Gasteiger partial charge in [-0.1, -0.05) is 24.3 Å². The van der Waals surface area contributed by atoms with Gasteiger partial charge in [0.2, 0.25) is 0 Å². The van der Waals surface area contributed by atoms with Gasteiger partial charge in [-0.05, 0) is 54.4 Å². The van der Waals surface area contributed by atoms with Crippen molar-refractivity contribution in [1.29, 1.82) is 0 Å². The summed E-state index contributed by atoms with van der Waals surface area (Å²) in [6, 6.07) is 24.4. The minimum atomic E-state index is 0.642. The Morgan fingerprint density at radius 3 is 2.54 bits per heavy atom. The number of aromatic nitrogens is 3. The fourth-order valence-electron chi connectivity index (χ4n) is 5.50. The monoisotopic (exact) mass is 543 g/mol. The van der Waals surface area contributed by atoms with Crippen LogP contribution in [0.5, 0.6) is 11.5 Å². The second-order valence-corrected chi connectivity index (χ2v) is 10.1. The highest BCUT2D eigenvalue weighted by atomic mass is 16.5. The second-order valence-electron chi connectivity index (χ2n) is 10.1. The maximum Gasteiger partial charge on any atom is 0.164 e. The number of methoxy groups -OCH3 is 2. The van der Waals surface area contributed by atoms with E-state index in [4.69, 9.17) is 23.9 Å². The molecule has 6 aromatic rings. The molecule has 0 radical (unpaired) electrons. The van der Waals surface area contributed by atoms with Crippen molar-refractivity contribution in [1.82, 2.24) is 19.9 Å². The van der Waals surface area contributed by atoms with Crippen molar-refractivity contribution in [3.63, 3.8) is 0 Å². The van der Waals surface area contributed by atoms with E-state index in [-0.39, 0.29) is 0 Å². The van der Waals surface area contributed by atoms with Gasteiger partial charge < -0.3 is 19.2 Å². The van der Waals surface area contributed by atoms with Gasteiger partial charge in [-0.25, -0.2) is 9.97 Å². The van der Waals surface area contributed by atoms with Crippen LogP contribution < -0.4 is 14.8 Å². The molecule has 0 bridgehead atoms. The summed E-state index contributed by atoms with van der Waals surface area (Å²) < 4.78 is 17.2. The molecule has 0 unspecified atom stereocenters. The van der Waals surface area contributed by atoms with E-state index in [2.05, 4.69) is 39.5 Å². The largest absolute Gasteiger partial charge is 0.493 e. The molecule has 1 N–H and O–H groups in total. The van der Waals surface area contributed by atoms with E-state index < -0.39 is 0 Å².